The summed E-state index contributed by atoms with van der Waals surface area (Å²) in [5.41, 5.74) is 7.69. The van der Waals surface area contributed by atoms with Crippen molar-refractivity contribution in [2.45, 2.75) is 58.2 Å². The summed E-state index contributed by atoms with van der Waals surface area (Å²) in [6, 6.07) is 0. The van der Waals surface area contributed by atoms with E-state index >= 15 is 0 Å². The second kappa shape index (κ2) is 4.83. The van der Waals surface area contributed by atoms with Gasteiger partial charge in [0.1, 0.15) is 0 Å². The second-order valence-electron chi connectivity index (χ2n) is 4.81. The van der Waals surface area contributed by atoms with E-state index in [1.807, 2.05) is 0 Å². The van der Waals surface area contributed by atoms with Gasteiger partial charge in [-0.05, 0) is 16.6 Å². The van der Waals surface area contributed by atoms with Crippen LogP contribution in [0.25, 0.3) is 0 Å². The lowest BCUT2D eigenvalue weighted by atomic mass is 10.5. The van der Waals surface area contributed by atoms with Gasteiger partial charge < -0.3 is 0 Å². The van der Waals surface area contributed by atoms with Crippen LogP contribution in [0.4, 0.5) is 0 Å². The molecule has 0 nitrogen and oxygen atoms in total. The van der Waals surface area contributed by atoms with Gasteiger partial charge in [0.25, 0.3) is 0 Å². The molecule has 76 valence electrons. The van der Waals surface area contributed by atoms with E-state index in [0.29, 0.717) is 0 Å². The highest BCUT2D eigenvalue weighted by atomic mass is 28.3. The molecular formula is C12H24Si. The van der Waals surface area contributed by atoms with Crippen molar-refractivity contribution in [3.8, 4) is 0 Å². The quantitative estimate of drug-likeness (QED) is 0.457. The van der Waals surface area contributed by atoms with Crippen molar-refractivity contribution in [3.05, 3.63) is 18.0 Å². The first kappa shape index (κ1) is 12.7. The largest absolute Gasteiger partial charge is 0.137 e. The Labute approximate surface area is 84.8 Å². The molecule has 0 unspecified atom stereocenters. The summed E-state index contributed by atoms with van der Waals surface area (Å²) >= 11 is 0. The van der Waals surface area contributed by atoms with Crippen molar-refractivity contribution in [2.24, 2.45) is 0 Å². The van der Waals surface area contributed by atoms with E-state index in [1.165, 1.54) is 0 Å². The van der Waals surface area contributed by atoms with Gasteiger partial charge in [0.15, 0.2) is 0 Å². The molecule has 0 heterocycles. The van der Waals surface area contributed by atoms with E-state index in [-0.39, 0.29) is 0 Å². The topological polar surface area (TPSA) is 0 Å². The molecular weight excluding hydrogens is 172 g/mol. The van der Waals surface area contributed by atoms with Crippen LogP contribution < -0.4 is 0 Å². The maximum absolute atomic E-state index is 3.75. The molecule has 0 rings (SSSR count). The molecule has 0 saturated heterocycles. The van der Waals surface area contributed by atoms with Gasteiger partial charge in [0.05, 0.1) is 8.07 Å². The standard InChI is InChI=1S/C12H24Si/c1-8-9-13(10(2)3,11(4)5)12(6)7/h9-12H,1H2,2-7H3. The number of rotatable bonds is 4. The first-order valence-corrected chi connectivity index (χ1v) is 7.57. The van der Waals surface area contributed by atoms with E-state index in [2.05, 4.69) is 59.6 Å². The zero-order chi connectivity index (χ0) is 10.6. The maximum Gasteiger partial charge on any atom is 0.0948 e. The minimum absolute atomic E-state index is 0.779. The van der Waals surface area contributed by atoms with E-state index in [1.54, 1.807) is 0 Å². The molecule has 0 fully saturated rings. The normalized spacial score (nSPS) is 12.4. The smallest absolute Gasteiger partial charge is 0.0948 e. The molecule has 0 amide bonds. The average molecular weight is 196 g/mol. The van der Waals surface area contributed by atoms with Gasteiger partial charge in [-0.1, -0.05) is 53.8 Å². The fourth-order valence-corrected chi connectivity index (χ4v) is 8.03. The van der Waals surface area contributed by atoms with Crippen LogP contribution in [0.3, 0.4) is 0 Å². The highest BCUT2D eigenvalue weighted by Gasteiger charge is 2.40. The summed E-state index contributed by atoms with van der Waals surface area (Å²) in [6.45, 7) is 17.8. The highest BCUT2D eigenvalue weighted by molar-refractivity contribution is 6.87. The third-order valence-corrected chi connectivity index (χ3v) is 10.1. The lowest BCUT2D eigenvalue weighted by Crippen LogP contribution is -2.42. The molecule has 0 aliphatic heterocycles. The van der Waals surface area contributed by atoms with Crippen LogP contribution in [0.15, 0.2) is 18.0 Å². The second-order valence-corrected chi connectivity index (χ2v) is 10.6. The zero-order valence-electron chi connectivity index (χ0n) is 10.0. The van der Waals surface area contributed by atoms with Crippen molar-refractivity contribution in [1.29, 1.82) is 0 Å². The van der Waals surface area contributed by atoms with Gasteiger partial charge in [-0.2, -0.15) is 0 Å². The van der Waals surface area contributed by atoms with E-state index in [9.17, 15) is 0 Å². The highest BCUT2D eigenvalue weighted by Crippen LogP contribution is 2.41. The molecule has 0 N–H and O–H groups in total. The molecule has 0 aliphatic carbocycles. The number of hydrogen-bond acceptors (Lipinski definition) is 0. The Bertz CT molecular complexity index is 173. The first-order chi connectivity index (χ1) is 5.89. The Balaban J connectivity index is 5.17. The van der Waals surface area contributed by atoms with E-state index in [0.717, 1.165) is 16.6 Å². The minimum Gasteiger partial charge on any atom is -0.137 e. The Morgan fingerprint density at radius 3 is 1.31 bits per heavy atom. The summed E-state index contributed by atoms with van der Waals surface area (Å²) in [4.78, 5) is 0. The molecule has 13 heavy (non-hydrogen) atoms. The molecule has 0 aromatic carbocycles. The molecule has 0 aliphatic rings. The Morgan fingerprint density at radius 1 is 0.923 bits per heavy atom. The van der Waals surface area contributed by atoms with Crippen LogP contribution in [0.2, 0.25) is 16.6 Å². The molecule has 0 radical (unpaired) electrons. The molecule has 0 spiro atoms. The molecule has 0 aromatic rings. The van der Waals surface area contributed by atoms with Gasteiger partial charge in [-0.25, -0.2) is 0 Å². The van der Waals surface area contributed by atoms with Crippen LogP contribution in [0.5, 0.6) is 0 Å². The van der Waals surface area contributed by atoms with Crippen LogP contribution >= 0.6 is 0 Å². The molecule has 1 heteroatoms. The van der Waals surface area contributed by atoms with Crippen LogP contribution in [0.1, 0.15) is 41.5 Å². The van der Waals surface area contributed by atoms with Crippen LogP contribution in [-0.2, 0) is 0 Å². The average Bonchev–Trinajstić information content (AvgIpc) is 1.97. The van der Waals surface area contributed by atoms with E-state index < -0.39 is 8.07 Å². The third kappa shape index (κ3) is 2.36. The fourth-order valence-electron chi connectivity index (χ4n) is 2.68. The van der Waals surface area contributed by atoms with Crippen molar-refractivity contribution in [2.75, 3.05) is 0 Å². The van der Waals surface area contributed by atoms with Crippen molar-refractivity contribution < 1.29 is 0 Å². The van der Waals surface area contributed by atoms with Gasteiger partial charge in [-0.3, -0.25) is 0 Å². The van der Waals surface area contributed by atoms with Crippen molar-refractivity contribution in [3.63, 3.8) is 0 Å². The Hall–Kier alpha value is -0.263. The molecule has 0 atom stereocenters. The maximum atomic E-state index is 3.75. The summed E-state index contributed by atoms with van der Waals surface area (Å²) in [5, 5.41) is 0. The summed E-state index contributed by atoms with van der Waals surface area (Å²) in [7, 11) is -1.33. The summed E-state index contributed by atoms with van der Waals surface area (Å²) in [6.07, 6.45) is 0. The predicted octanol–water partition coefficient (Wildman–Crippen LogP) is 4.55. The van der Waals surface area contributed by atoms with Gasteiger partial charge in [0, 0.05) is 0 Å². The van der Waals surface area contributed by atoms with E-state index in [4.69, 9.17) is 0 Å². The molecule has 0 saturated carbocycles. The van der Waals surface area contributed by atoms with Crippen LogP contribution in [-0.4, -0.2) is 8.07 Å². The van der Waals surface area contributed by atoms with Crippen molar-refractivity contribution in [1.82, 2.24) is 0 Å². The van der Waals surface area contributed by atoms with Crippen LogP contribution in [0, 0.1) is 0 Å². The first-order valence-electron chi connectivity index (χ1n) is 5.26. The Kier molecular flexibility index (Phi) is 4.73. The van der Waals surface area contributed by atoms with Gasteiger partial charge in [0.2, 0.25) is 0 Å². The predicted molar refractivity (Wildman–Crippen MR) is 64.8 cm³/mol. The lowest BCUT2D eigenvalue weighted by molar-refractivity contribution is 0.833. The zero-order valence-corrected chi connectivity index (χ0v) is 11.0. The molecule has 0 aromatic heterocycles. The minimum atomic E-state index is -1.33. The monoisotopic (exact) mass is 196 g/mol. The van der Waals surface area contributed by atoms with Crippen molar-refractivity contribution >= 4 is 8.07 Å². The molecule has 0 bridgehead atoms. The Morgan fingerprint density at radius 2 is 1.23 bits per heavy atom. The summed E-state index contributed by atoms with van der Waals surface area (Å²) in [5.74, 6) is 0. The summed E-state index contributed by atoms with van der Waals surface area (Å²) < 4.78 is 0. The third-order valence-electron chi connectivity index (χ3n) is 3.35. The van der Waals surface area contributed by atoms with Gasteiger partial charge in [-0.15, -0.1) is 5.73 Å². The SMILES string of the molecule is C=C=C[Si](C(C)C)(C(C)C)C(C)C. The lowest BCUT2D eigenvalue weighted by Gasteiger charge is -2.39. The fraction of sp³-hybridized carbons (Fsp3) is 0.750. The number of hydrogen-bond donors (Lipinski definition) is 0. The van der Waals surface area contributed by atoms with Gasteiger partial charge >= 0.3 is 0 Å².